The number of nitrogens with one attached hydrogen (secondary N) is 1. The Balaban J connectivity index is 1.42. The van der Waals surface area contributed by atoms with Gasteiger partial charge in [-0.25, -0.2) is 9.78 Å². The van der Waals surface area contributed by atoms with Crippen LogP contribution in [0.4, 0.5) is 5.69 Å². The summed E-state index contributed by atoms with van der Waals surface area (Å²) in [6, 6.07) is 22.1. The van der Waals surface area contributed by atoms with Crippen LogP contribution < -0.4 is 5.32 Å². The van der Waals surface area contributed by atoms with Gasteiger partial charge in [-0.3, -0.25) is 4.79 Å². The molecule has 0 saturated carbocycles. The zero-order chi connectivity index (χ0) is 23.7. The highest BCUT2D eigenvalue weighted by atomic mass is 79.9. The summed E-state index contributed by atoms with van der Waals surface area (Å²) >= 11 is 4.77. The highest BCUT2D eigenvalue weighted by Gasteiger charge is 2.18. The monoisotopic (exact) mass is 532 g/mol. The van der Waals surface area contributed by atoms with Crippen molar-refractivity contribution < 1.29 is 18.7 Å². The van der Waals surface area contributed by atoms with E-state index in [1.807, 2.05) is 42.5 Å². The van der Waals surface area contributed by atoms with E-state index in [-0.39, 0.29) is 11.9 Å². The standard InChI is InChI=1S/C26H17BrN2O4S/c1-32-26(31)23-13-16-12-18(10-11-22(16)34-23)29-24(30)19-4-2-3-5-20(19)25-28-14-21(33-25)15-6-8-17(27)9-7-15/h2-14H,1H3,(H,29,30). The molecule has 0 fully saturated rings. The number of methoxy groups -OCH3 is 1. The molecule has 5 aromatic rings. The van der Waals surface area contributed by atoms with Crippen LogP contribution in [0.5, 0.6) is 0 Å². The first-order valence-corrected chi connectivity index (χ1v) is 11.9. The summed E-state index contributed by atoms with van der Waals surface area (Å²) in [7, 11) is 1.35. The number of ether oxygens (including phenoxy) is 1. The Morgan fingerprint density at radius 2 is 1.82 bits per heavy atom. The Morgan fingerprint density at radius 1 is 1.03 bits per heavy atom. The van der Waals surface area contributed by atoms with Crippen LogP contribution in [-0.2, 0) is 4.74 Å². The molecule has 0 saturated heterocycles. The van der Waals surface area contributed by atoms with Gasteiger partial charge in [-0.05, 0) is 53.9 Å². The molecule has 2 heterocycles. The zero-order valence-electron chi connectivity index (χ0n) is 17.9. The van der Waals surface area contributed by atoms with Crippen LogP contribution in [-0.4, -0.2) is 24.0 Å². The molecule has 0 aliphatic rings. The van der Waals surface area contributed by atoms with E-state index in [0.29, 0.717) is 33.3 Å². The first-order chi connectivity index (χ1) is 16.5. The van der Waals surface area contributed by atoms with Crippen LogP contribution in [0.15, 0.2) is 87.9 Å². The van der Waals surface area contributed by atoms with Gasteiger partial charge in [-0.1, -0.05) is 40.2 Å². The fourth-order valence-corrected chi connectivity index (χ4v) is 4.76. The number of aromatic nitrogens is 1. The molecular formula is C26H17BrN2O4S. The van der Waals surface area contributed by atoms with Crippen molar-refractivity contribution in [3.05, 3.63) is 93.9 Å². The quantitative estimate of drug-likeness (QED) is 0.246. The number of anilines is 1. The number of halogens is 1. The third-order valence-electron chi connectivity index (χ3n) is 5.20. The van der Waals surface area contributed by atoms with Gasteiger partial charge in [0.1, 0.15) is 4.88 Å². The fourth-order valence-electron chi connectivity index (χ4n) is 3.53. The Morgan fingerprint density at radius 3 is 2.62 bits per heavy atom. The Labute approximate surface area is 207 Å². The molecule has 2 aromatic heterocycles. The molecule has 3 aromatic carbocycles. The number of hydrogen-bond acceptors (Lipinski definition) is 6. The molecule has 0 aliphatic heterocycles. The molecule has 5 rings (SSSR count). The van der Waals surface area contributed by atoms with Gasteiger partial charge in [-0.15, -0.1) is 11.3 Å². The van der Waals surface area contributed by atoms with Crippen molar-refractivity contribution in [3.63, 3.8) is 0 Å². The summed E-state index contributed by atoms with van der Waals surface area (Å²) in [5, 5.41) is 3.78. The normalized spacial score (nSPS) is 10.9. The molecule has 168 valence electrons. The SMILES string of the molecule is COC(=O)c1cc2cc(NC(=O)c3ccccc3-c3ncc(-c4ccc(Br)cc4)o3)ccc2s1. The number of nitrogens with zero attached hydrogens (tertiary/aromatic N) is 1. The number of carbonyl (C=O) groups excluding carboxylic acids is 2. The van der Waals surface area contributed by atoms with Gasteiger partial charge in [0.2, 0.25) is 5.89 Å². The molecule has 1 amide bonds. The molecule has 34 heavy (non-hydrogen) atoms. The average Bonchev–Trinajstić information content (AvgIpc) is 3.51. The summed E-state index contributed by atoms with van der Waals surface area (Å²) in [6.07, 6.45) is 1.65. The van der Waals surface area contributed by atoms with Crippen molar-refractivity contribution in [2.45, 2.75) is 0 Å². The van der Waals surface area contributed by atoms with E-state index in [4.69, 9.17) is 9.15 Å². The van der Waals surface area contributed by atoms with Crippen molar-refractivity contribution in [2.24, 2.45) is 0 Å². The highest BCUT2D eigenvalue weighted by Crippen LogP contribution is 2.31. The molecule has 0 bridgehead atoms. The third kappa shape index (κ3) is 4.37. The van der Waals surface area contributed by atoms with Gasteiger partial charge in [0, 0.05) is 26.0 Å². The topological polar surface area (TPSA) is 81.4 Å². The molecule has 0 unspecified atom stereocenters. The maximum absolute atomic E-state index is 13.2. The predicted molar refractivity (Wildman–Crippen MR) is 136 cm³/mol. The summed E-state index contributed by atoms with van der Waals surface area (Å²) in [6.45, 7) is 0. The molecule has 8 heteroatoms. The lowest BCUT2D eigenvalue weighted by Crippen LogP contribution is -2.13. The molecule has 0 radical (unpaired) electrons. The van der Waals surface area contributed by atoms with Crippen LogP contribution in [0, 0.1) is 0 Å². The molecule has 6 nitrogen and oxygen atoms in total. The lowest BCUT2D eigenvalue weighted by Gasteiger charge is -2.08. The van der Waals surface area contributed by atoms with Crippen molar-refractivity contribution in [2.75, 3.05) is 12.4 Å². The van der Waals surface area contributed by atoms with E-state index in [0.717, 1.165) is 20.1 Å². The minimum Gasteiger partial charge on any atom is -0.465 e. The van der Waals surface area contributed by atoms with E-state index in [2.05, 4.69) is 26.2 Å². The largest absolute Gasteiger partial charge is 0.465 e. The Kier molecular flexibility index (Phi) is 6.00. The van der Waals surface area contributed by atoms with Crippen LogP contribution in [0.2, 0.25) is 0 Å². The van der Waals surface area contributed by atoms with E-state index in [9.17, 15) is 9.59 Å². The van der Waals surface area contributed by atoms with Gasteiger partial charge < -0.3 is 14.5 Å². The van der Waals surface area contributed by atoms with Crippen LogP contribution in [0.25, 0.3) is 32.9 Å². The molecule has 0 spiro atoms. The smallest absolute Gasteiger partial charge is 0.348 e. The van der Waals surface area contributed by atoms with E-state index in [1.54, 1.807) is 36.5 Å². The van der Waals surface area contributed by atoms with Crippen LogP contribution in [0.1, 0.15) is 20.0 Å². The minimum atomic E-state index is -0.380. The number of benzene rings is 3. The lowest BCUT2D eigenvalue weighted by atomic mass is 10.1. The summed E-state index contributed by atoms with van der Waals surface area (Å²) < 4.78 is 12.7. The van der Waals surface area contributed by atoms with Gasteiger partial charge >= 0.3 is 5.97 Å². The number of hydrogen-bond donors (Lipinski definition) is 1. The second kappa shape index (κ2) is 9.24. The molecule has 0 aliphatic carbocycles. The first-order valence-electron chi connectivity index (χ1n) is 10.3. The van der Waals surface area contributed by atoms with Crippen molar-refractivity contribution in [1.29, 1.82) is 0 Å². The molecular weight excluding hydrogens is 516 g/mol. The van der Waals surface area contributed by atoms with Gasteiger partial charge in [0.05, 0.1) is 18.9 Å². The number of oxazole rings is 1. The van der Waals surface area contributed by atoms with Gasteiger partial charge in [0.15, 0.2) is 5.76 Å². The number of amides is 1. The number of thiophene rings is 1. The van der Waals surface area contributed by atoms with E-state index >= 15 is 0 Å². The molecule has 1 N–H and O–H groups in total. The van der Waals surface area contributed by atoms with E-state index in [1.165, 1.54) is 18.4 Å². The van der Waals surface area contributed by atoms with Crippen molar-refractivity contribution >= 4 is 54.9 Å². The number of rotatable bonds is 5. The van der Waals surface area contributed by atoms with E-state index < -0.39 is 0 Å². The predicted octanol–water partition coefficient (Wildman–Crippen LogP) is 7.02. The van der Waals surface area contributed by atoms with Gasteiger partial charge in [-0.2, -0.15) is 0 Å². The minimum absolute atomic E-state index is 0.290. The maximum Gasteiger partial charge on any atom is 0.348 e. The lowest BCUT2D eigenvalue weighted by molar-refractivity contribution is 0.0606. The van der Waals surface area contributed by atoms with Crippen LogP contribution in [0.3, 0.4) is 0 Å². The number of fused-ring (bicyclic) bond motifs is 1. The second-order valence-corrected chi connectivity index (χ2v) is 9.39. The summed E-state index contributed by atoms with van der Waals surface area (Å²) in [5.74, 6) is 0.303. The first kappa shape index (κ1) is 22.1. The maximum atomic E-state index is 13.2. The average molecular weight is 533 g/mol. The second-order valence-electron chi connectivity index (χ2n) is 7.39. The van der Waals surface area contributed by atoms with Crippen molar-refractivity contribution in [3.8, 4) is 22.8 Å². The molecule has 0 atom stereocenters. The number of carbonyl (C=O) groups is 2. The Bertz CT molecular complexity index is 1520. The van der Waals surface area contributed by atoms with Crippen LogP contribution >= 0.6 is 27.3 Å². The summed E-state index contributed by atoms with van der Waals surface area (Å²) in [5.41, 5.74) is 2.53. The third-order valence-corrected chi connectivity index (χ3v) is 6.82. The fraction of sp³-hybridized carbons (Fsp3) is 0.0385. The van der Waals surface area contributed by atoms with Gasteiger partial charge in [0.25, 0.3) is 5.91 Å². The highest BCUT2D eigenvalue weighted by molar-refractivity contribution is 9.10. The number of esters is 1. The zero-order valence-corrected chi connectivity index (χ0v) is 20.3. The summed E-state index contributed by atoms with van der Waals surface area (Å²) in [4.78, 5) is 29.9. The Hall–Kier alpha value is -3.75. The van der Waals surface area contributed by atoms with Crippen molar-refractivity contribution in [1.82, 2.24) is 4.98 Å².